The summed E-state index contributed by atoms with van der Waals surface area (Å²) in [6.45, 7) is 9.23. The molecule has 1 aliphatic rings. The Morgan fingerprint density at radius 1 is 1.26 bits per heavy atom. The molecule has 2 aromatic heterocycles. The van der Waals surface area contributed by atoms with Gasteiger partial charge in [-0.1, -0.05) is 19.9 Å². The second kappa shape index (κ2) is 9.82. The highest BCUT2D eigenvalue weighted by Crippen LogP contribution is 2.38. The average molecular weight is 464 g/mol. The maximum atomic E-state index is 6.17. The number of nitrogens with zero attached hydrogens (tertiary/aromatic N) is 3. The van der Waals surface area contributed by atoms with Crippen LogP contribution < -0.4 is 34.2 Å². The van der Waals surface area contributed by atoms with Crippen LogP contribution in [-0.4, -0.2) is 34.2 Å². The van der Waals surface area contributed by atoms with Gasteiger partial charge in [0.1, 0.15) is 0 Å². The number of pyridine rings is 1. The zero-order valence-electron chi connectivity index (χ0n) is 20.3. The lowest BCUT2D eigenvalue weighted by Gasteiger charge is -2.32. The largest absolute Gasteiger partial charge is 0.403 e. The molecule has 9 heteroatoms. The molecule has 34 heavy (non-hydrogen) atoms. The molecular weight excluding hydrogens is 426 g/mol. The smallest absolute Gasteiger partial charge is 0.173 e. The number of aromatic nitrogens is 2. The highest BCUT2D eigenvalue weighted by molar-refractivity contribution is 5.92. The van der Waals surface area contributed by atoms with E-state index in [0.717, 1.165) is 60.5 Å². The fraction of sp³-hybridized carbons (Fsp3) is 0.400. The number of H-pyrrole nitrogens is 1. The molecule has 1 aromatic carbocycles. The summed E-state index contributed by atoms with van der Waals surface area (Å²) in [6.07, 6.45) is 5.65. The normalized spacial score (nSPS) is 16.6. The first-order valence-corrected chi connectivity index (χ1v) is 11.8. The summed E-state index contributed by atoms with van der Waals surface area (Å²) in [7, 11) is 0. The van der Waals surface area contributed by atoms with E-state index >= 15 is 0 Å². The van der Waals surface area contributed by atoms with Gasteiger partial charge in [0.15, 0.2) is 5.49 Å². The summed E-state index contributed by atoms with van der Waals surface area (Å²) in [5.41, 5.74) is 16.6. The third kappa shape index (κ3) is 4.49. The lowest BCUT2D eigenvalue weighted by molar-refractivity contribution is 0.225. The van der Waals surface area contributed by atoms with E-state index in [1.165, 1.54) is 21.2 Å². The Labute approximate surface area is 200 Å². The van der Waals surface area contributed by atoms with Crippen LogP contribution in [-0.2, 0) is 0 Å². The molecule has 182 valence electrons. The molecule has 0 aliphatic carbocycles. The number of benzene rings is 1. The van der Waals surface area contributed by atoms with Crippen LogP contribution in [0.25, 0.3) is 22.2 Å². The zero-order valence-corrected chi connectivity index (χ0v) is 20.3. The maximum Gasteiger partial charge on any atom is 0.173 e. The van der Waals surface area contributed by atoms with Gasteiger partial charge in [0.05, 0.1) is 11.4 Å². The summed E-state index contributed by atoms with van der Waals surface area (Å²) < 4.78 is 1.49. The van der Waals surface area contributed by atoms with Crippen molar-refractivity contribution in [3.63, 3.8) is 0 Å². The predicted octanol–water partition coefficient (Wildman–Crippen LogP) is 2.00. The Balaban J connectivity index is 1.66. The summed E-state index contributed by atoms with van der Waals surface area (Å²) in [5, 5.41) is 5.08. The van der Waals surface area contributed by atoms with Gasteiger partial charge < -0.3 is 27.8 Å². The number of piperidine rings is 1. The van der Waals surface area contributed by atoms with Crippen LogP contribution in [0.2, 0.25) is 0 Å². The topological polar surface area (TPSA) is 152 Å². The van der Waals surface area contributed by atoms with Gasteiger partial charge in [0.25, 0.3) is 0 Å². The first-order chi connectivity index (χ1) is 16.4. The van der Waals surface area contributed by atoms with Crippen LogP contribution in [0.1, 0.15) is 55.2 Å². The van der Waals surface area contributed by atoms with Gasteiger partial charge in [0.2, 0.25) is 0 Å². The van der Waals surface area contributed by atoms with Crippen molar-refractivity contribution >= 4 is 10.9 Å². The highest BCUT2D eigenvalue weighted by atomic mass is 15.3. The van der Waals surface area contributed by atoms with Crippen molar-refractivity contribution in [2.45, 2.75) is 45.4 Å². The van der Waals surface area contributed by atoms with Crippen LogP contribution in [0.15, 0.2) is 47.5 Å². The molecule has 1 aliphatic heterocycles. The Morgan fingerprint density at radius 3 is 2.59 bits per heavy atom. The van der Waals surface area contributed by atoms with Crippen molar-refractivity contribution in [2.75, 3.05) is 25.5 Å². The van der Waals surface area contributed by atoms with Gasteiger partial charge in [-0.25, -0.2) is 0 Å². The molecule has 0 spiro atoms. The maximum absolute atomic E-state index is 6.17. The number of hydrogen-bond donors (Lipinski definition) is 6. The average Bonchev–Trinajstić information content (AvgIpc) is 3.22. The summed E-state index contributed by atoms with van der Waals surface area (Å²) in [4.78, 5) is 6.04. The van der Waals surface area contributed by atoms with Crippen LogP contribution in [0.5, 0.6) is 0 Å². The number of aryl methyl sites for hydroxylation is 1. The predicted molar refractivity (Wildman–Crippen MR) is 138 cm³/mol. The number of likely N-dealkylation sites (tertiary alicyclic amines) is 1. The van der Waals surface area contributed by atoms with E-state index < -0.39 is 0 Å². The van der Waals surface area contributed by atoms with Crippen molar-refractivity contribution in [1.82, 2.24) is 20.0 Å². The lowest BCUT2D eigenvalue weighted by Crippen LogP contribution is -2.38. The second-order valence-electron chi connectivity index (χ2n) is 9.53. The number of fused-ring (bicyclic) bond motifs is 1. The van der Waals surface area contributed by atoms with E-state index in [1.807, 2.05) is 13.1 Å². The molecule has 3 heterocycles. The van der Waals surface area contributed by atoms with Gasteiger partial charge >= 0.3 is 0 Å². The zero-order chi connectivity index (χ0) is 24.4. The first kappa shape index (κ1) is 23.7. The Morgan fingerprint density at radius 2 is 2.00 bits per heavy atom. The number of nitrogens with one attached hydrogen (secondary N) is 2. The molecule has 0 saturated carbocycles. The van der Waals surface area contributed by atoms with Crippen molar-refractivity contribution in [2.24, 2.45) is 22.5 Å². The number of rotatable bonds is 6. The minimum Gasteiger partial charge on any atom is -0.403 e. The molecule has 0 amide bonds. The van der Waals surface area contributed by atoms with E-state index in [2.05, 4.69) is 58.5 Å². The summed E-state index contributed by atoms with van der Waals surface area (Å²) in [6, 6.07) is 8.95. The van der Waals surface area contributed by atoms with E-state index in [1.54, 1.807) is 6.20 Å². The fourth-order valence-electron chi connectivity index (χ4n) is 5.18. The van der Waals surface area contributed by atoms with Gasteiger partial charge in [0, 0.05) is 35.4 Å². The molecular formula is C25H37N9. The number of nitrogen functional groups attached to an aromatic ring is 1. The van der Waals surface area contributed by atoms with E-state index in [-0.39, 0.29) is 0 Å². The number of nitrogens with two attached hydrogens (primary N) is 4. The third-order valence-corrected chi connectivity index (χ3v) is 6.94. The molecule has 1 fully saturated rings. The van der Waals surface area contributed by atoms with Crippen LogP contribution in [0, 0.1) is 6.92 Å². The standard InChI is InChI=1S/C25H37N9/c1-15(2)23-21-11-18(17-6-8-33(9-7-17)14-20(12-26)31-27)4-5-22(21)30-24(23)19-10-16(3)25(32-28)34(29)13-19/h4-5,10-13,15,17,30-31H,6-9,14,26-29H2,1-3H3/b20-12-,32-25-. The minimum absolute atomic E-state index is 0.344. The van der Waals surface area contributed by atoms with E-state index in [0.29, 0.717) is 17.3 Å². The Bertz CT molecular complexity index is 1230. The van der Waals surface area contributed by atoms with Crippen molar-refractivity contribution < 1.29 is 0 Å². The first-order valence-electron chi connectivity index (χ1n) is 11.8. The number of aromatic amines is 1. The van der Waals surface area contributed by atoms with Crippen LogP contribution in [0.3, 0.4) is 0 Å². The summed E-state index contributed by atoms with van der Waals surface area (Å²) in [5.74, 6) is 18.1. The van der Waals surface area contributed by atoms with Crippen molar-refractivity contribution in [3.05, 3.63) is 64.5 Å². The Hall–Kier alpha value is -3.43. The number of hydrazine groups is 1. The van der Waals surface area contributed by atoms with Gasteiger partial charge in [-0.15, -0.1) is 0 Å². The third-order valence-electron chi connectivity index (χ3n) is 6.94. The molecule has 0 unspecified atom stereocenters. The molecule has 3 aromatic rings. The molecule has 9 nitrogen and oxygen atoms in total. The van der Waals surface area contributed by atoms with E-state index in [4.69, 9.17) is 23.3 Å². The molecule has 0 atom stereocenters. The number of hydrogen-bond acceptors (Lipinski definition) is 7. The molecule has 1 saturated heterocycles. The quantitative estimate of drug-likeness (QED) is 0.243. The second-order valence-corrected chi connectivity index (χ2v) is 9.53. The summed E-state index contributed by atoms with van der Waals surface area (Å²) >= 11 is 0. The van der Waals surface area contributed by atoms with Crippen molar-refractivity contribution in [3.8, 4) is 11.3 Å². The molecule has 0 bridgehead atoms. The molecule has 0 radical (unpaired) electrons. The lowest BCUT2D eigenvalue weighted by atomic mass is 9.87. The molecule has 10 N–H and O–H groups in total. The van der Waals surface area contributed by atoms with Gasteiger partial charge in [-0.2, -0.15) is 5.10 Å². The van der Waals surface area contributed by atoms with E-state index in [9.17, 15) is 0 Å². The van der Waals surface area contributed by atoms with Crippen LogP contribution >= 0.6 is 0 Å². The minimum atomic E-state index is 0.344. The van der Waals surface area contributed by atoms with Gasteiger partial charge in [-0.3, -0.25) is 15.4 Å². The highest BCUT2D eigenvalue weighted by Gasteiger charge is 2.23. The van der Waals surface area contributed by atoms with Crippen LogP contribution in [0.4, 0.5) is 0 Å². The fourth-order valence-corrected chi connectivity index (χ4v) is 5.18. The molecule has 4 rings (SSSR count). The van der Waals surface area contributed by atoms with Gasteiger partial charge in [-0.05, 0) is 79.6 Å². The SMILES string of the molecule is Cc1cc(-c2[nH]c3ccc(C4CCN(C/C(=C/N)NN)CC4)cc3c2C(C)C)cn(N)/c1=N\N. The monoisotopic (exact) mass is 463 g/mol. The Kier molecular flexibility index (Phi) is 6.85. The van der Waals surface area contributed by atoms with Crippen molar-refractivity contribution in [1.29, 1.82) is 0 Å².